The summed E-state index contributed by atoms with van der Waals surface area (Å²) >= 11 is 1.35. The van der Waals surface area contributed by atoms with Crippen LogP contribution in [-0.4, -0.2) is 35.9 Å². The molecule has 1 saturated heterocycles. The summed E-state index contributed by atoms with van der Waals surface area (Å²) < 4.78 is 5.43. The number of thioether (sulfide) groups is 1. The molecule has 0 aromatic carbocycles. The van der Waals surface area contributed by atoms with E-state index in [1.165, 1.54) is 11.8 Å². The number of hydrogen-bond acceptors (Lipinski definition) is 5. The van der Waals surface area contributed by atoms with Gasteiger partial charge in [-0.2, -0.15) is 0 Å². The number of rotatable bonds is 5. The van der Waals surface area contributed by atoms with E-state index < -0.39 is 0 Å². The van der Waals surface area contributed by atoms with Crippen molar-refractivity contribution in [2.24, 2.45) is 0 Å². The second-order valence-corrected chi connectivity index (χ2v) is 5.09. The molecule has 1 aromatic rings. The average Bonchev–Trinajstić information content (AvgIpc) is 2.88. The van der Waals surface area contributed by atoms with Gasteiger partial charge in [-0.25, -0.2) is 4.98 Å². The normalized spacial score (nSPS) is 18.8. The summed E-state index contributed by atoms with van der Waals surface area (Å²) in [5, 5.41) is 3.56. The quantitative estimate of drug-likeness (QED) is 0.780. The van der Waals surface area contributed by atoms with Crippen LogP contribution in [0.5, 0.6) is 0 Å². The van der Waals surface area contributed by atoms with Crippen LogP contribution in [-0.2, 0) is 9.53 Å². The zero-order valence-corrected chi connectivity index (χ0v) is 10.9. The van der Waals surface area contributed by atoms with E-state index in [2.05, 4.69) is 10.3 Å². The number of carbonyl (C=O) groups is 1. The van der Waals surface area contributed by atoms with E-state index in [9.17, 15) is 4.79 Å². The molecule has 0 saturated carbocycles. The third-order valence-corrected chi connectivity index (χ3v) is 3.71. The second-order valence-electron chi connectivity index (χ2n) is 4.13. The molecule has 98 valence electrons. The number of hydrogen-bond donors (Lipinski definition) is 2. The molecule has 1 unspecified atom stereocenters. The van der Waals surface area contributed by atoms with Crippen molar-refractivity contribution in [3.05, 3.63) is 18.3 Å². The number of amides is 1. The largest absolute Gasteiger partial charge is 0.397 e. The van der Waals surface area contributed by atoms with E-state index >= 15 is 0 Å². The number of carbonyl (C=O) groups excluding carboxylic acids is 1. The molecule has 0 aliphatic carbocycles. The first kappa shape index (κ1) is 13.2. The van der Waals surface area contributed by atoms with E-state index in [1.807, 2.05) is 0 Å². The van der Waals surface area contributed by atoms with Gasteiger partial charge in [0.1, 0.15) is 5.03 Å². The Balaban J connectivity index is 1.69. The van der Waals surface area contributed by atoms with E-state index in [0.29, 0.717) is 23.0 Å². The SMILES string of the molecule is Nc1cccnc1SCC(=O)NCC1CCCO1. The zero-order chi connectivity index (χ0) is 12.8. The van der Waals surface area contributed by atoms with Crippen molar-refractivity contribution < 1.29 is 9.53 Å². The van der Waals surface area contributed by atoms with Crippen molar-refractivity contribution in [3.63, 3.8) is 0 Å². The lowest BCUT2D eigenvalue weighted by Gasteiger charge is -2.10. The number of nitrogens with zero attached hydrogens (tertiary/aromatic N) is 1. The van der Waals surface area contributed by atoms with Crippen LogP contribution in [0, 0.1) is 0 Å². The van der Waals surface area contributed by atoms with Crippen molar-refractivity contribution in [3.8, 4) is 0 Å². The Morgan fingerprint density at radius 1 is 1.67 bits per heavy atom. The first-order chi connectivity index (χ1) is 8.75. The molecule has 1 atom stereocenters. The number of anilines is 1. The summed E-state index contributed by atoms with van der Waals surface area (Å²) in [4.78, 5) is 15.7. The Morgan fingerprint density at radius 2 is 2.56 bits per heavy atom. The Kier molecular flexibility index (Phi) is 4.83. The van der Waals surface area contributed by atoms with Crippen molar-refractivity contribution in [1.82, 2.24) is 10.3 Å². The van der Waals surface area contributed by atoms with Gasteiger partial charge in [-0.15, -0.1) is 0 Å². The van der Waals surface area contributed by atoms with Crippen LogP contribution >= 0.6 is 11.8 Å². The Morgan fingerprint density at radius 3 is 3.28 bits per heavy atom. The van der Waals surface area contributed by atoms with Crippen LogP contribution < -0.4 is 11.1 Å². The van der Waals surface area contributed by atoms with Gasteiger partial charge in [-0.05, 0) is 25.0 Å². The number of ether oxygens (including phenoxy) is 1. The Bertz CT molecular complexity index is 408. The Hall–Kier alpha value is -1.27. The van der Waals surface area contributed by atoms with Crippen LogP contribution in [0.1, 0.15) is 12.8 Å². The molecule has 6 heteroatoms. The molecule has 1 aromatic heterocycles. The molecule has 2 rings (SSSR count). The number of nitrogens with one attached hydrogen (secondary N) is 1. The minimum Gasteiger partial charge on any atom is -0.397 e. The van der Waals surface area contributed by atoms with Crippen LogP contribution in [0.25, 0.3) is 0 Å². The fraction of sp³-hybridized carbons (Fsp3) is 0.500. The summed E-state index contributed by atoms with van der Waals surface area (Å²) in [5.41, 5.74) is 6.35. The molecule has 1 aliphatic heterocycles. The first-order valence-electron chi connectivity index (χ1n) is 5.97. The van der Waals surface area contributed by atoms with Gasteiger partial charge in [0, 0.05) is 19.3 Å². The molecule has 1 amide bonds. The third-order valence-electron chi connectivity index (χ3n) is 2.69. The highest BCUT2D eigenvalue weighted by atomic mass is 32.2. The van der Waals surface area contributed by atoms with Crippen molar-refractivity contribution >= 4 is 23.4 Å². The highest BCUT2D eigenvalue weighted by molar-refractivity contribution is 8.00. The van der Waals surface area contributed by atoms with Gasteiger partial charge in [0.2, 0.25) is 5.91 Å². The molecule has 2 heterocycles. The smallest absolute Gasteiger partial charge is 0.230 e. The van der Waals surface area contributed by atoms with Crippen LogP contribution in [0.4, 0.5) is 5.69 Å². The standard InChI is InChI=1S/C12H17N3O2S/c13-10-4-1-5-14-12(10)18-8-11(16)15-7-9-3-2-6-17-9/h1,4-5,9H,2-3,6-8,13H2,(H,15,16). The number of pyridine rings is 1. The predicted octanol–water partition coefficient (Wildman–Crippen LogP) is 1.05. The molecule has 0 spiro atoms. The predicted molar refractivity (Wildman–Crippen MR) is 71.4 cm³/mol. The molecule has 0 bridgehead atoms. The molecule has 3 N–H and O–H groups in total. The highest BCUT2D eigenvalue weighted by Crippen LogP contribution is 2.21. The van der Waals surface area contributed by atoms with E-state index in [0.717, 1.165) is 19.4 Å². The van der Waals surface area contributed by atoms with Crippen LogP contribution in [0.3, 0.4) is 0 Å². The maximum Gasteiger partial charge on any atom is 0.230 e. The molecular weight excluding hydrogens is 250 g/mol. The van der Waals surface area contributed by atoms with Gasteiger partial charge in [-0.3, -0.25) is 4.79 Å². The van der Waals surface area contributed by atoms with E-state index in [1.54, 1.807) is 18.3 Å². The minimum atomic E-state index is -0.0134. The maximum absolute atomic E-state index is 11.6. The molecule has 5 nitrogen and oxygen atoms in total. The van der Waals surface area contributed by atoms with E-state index in [-0.39, 0.29) is 12.0 Å². The summed E-state index contributed by atoms with van der Waals surface area (Å²) in [6, 6.07) is 3.55. The summed E-state index contributed by atoms with van der Waals surface area (Å²) in [5.74, 6) is 0.314. The van der Waals surface area contributed by atoms with Gasteiger partial charge in [-0.1, -0.05) is 11.8 Å². The van der Waals surface area contributed by atoms with Crippen molar-refractivity contribution in [2.45, 2.75) is 24.0 Å². The average molecular weight is 267 g/mol. The van der Waals surface area contributed by atoms with Crippen LogP contribution in [0.15, 0.2) is 23.4 Å². The van der Waals surface area contributed by atoms with Gasteiger partial charge in [0.15, 0.2) is 0 Å². The minimum absolute atomic E-state index is 0.0134. The van der Waals surface area contributed by atoms with Gasteiger partial charge in [0.05, 0.1) is 17.5 Å². The van der Waals surface area contributed by atoms with Crippen molar-refractivity contribution in [1.29, 1.82) is 0 Å². The fourth-order valence-electron chi connectivity index (χ4n) is 1.74. The first-order valence-corrected chi connectivity index (χ1v) is 6.96. The van der Waals surface area contributed by atoms with Gasteiger partial charge in [0.25, 0.3) is 0 Å². The number of nitrogen functional groups attached to an aromatic ring is 1. The van der Waals surface area contributed by atoms with Gasteiger partial charge < -0.3 is 15.8 Å². The van der Waals surface area contributed by atoms with E-state index in [4.69, 9.17) is 10.5 Å². The zero-order valence-electron chi connectivity index (χ0n) is 10.1. The fourth-order valence-corrected chi connectivity index (χ4v) is 2.48. The second kappa shape index (κ2) is 6.61. The maximum atomic E-state index is 11.6. The van der Waals surface area contributed by atoms with Crippen molar-refractivity contribution in [2.75, 3.05) is 24.6 Å². The molecule has 1 fully saturated rings. The third kappa shape index (κ3) is 3.89. The monoisotopic (exact) mass is 267 g/mol. The lowest BCUT2D eigenvalue weighted by atomic mass is 10.2. The molecular formula is C12H17N3O2S. The summed E-state index contributed by atoms with van der Waals surface area (Å²) in [6.07, 6.45) is 3.96. The molecule has 1 aliphatic rings. The lowest BCUT2D eigenvalue weighted by molar-refractivity contribution is -0.119. The summed E-state index contributed by atoms with van der Waals surface area (Å²) in [7, 11) is 0. The number of nitrogens with two attached hydrogens (primary N) is 1. The Labute approximate surface area is 110 Å². The highest BCUT2D eigenvalue weighted by Gasteiger charge is 2.16. The number of aromatic nitrogens is 1. The molecule has 0 radical (unpaired) electrons. The van der Waals surface area contributed by atoms with Gasteiger partial charge >= 0.3 is 0 Å². The van der Waals surface area contributed by atoms with Crippen LogP contribution in [0.2, 0.25) is 0 Å². The summed E-state index contributed by atoms with van der Waals surface area (Å²) in [6.45, 7) is 1.40. The topological polar surface area (TPSA) is 77.2 Å². The molecule has 18 heavy (non-hydrogen) atoms. The lowest BCUT2D eigenvalue weighted by Crippen LogP contribution is -2.32.